The first-order valence-electron chi connectivity index (χ1n) is 7.71. The first kappa shape index (κ1) is 16.6. The highest BCUT2D eigenvalue weighted by Gasteiger charge is 2.34. The smallest absolute Gasteiger partial charge is 0.293 e. The maximum absolute atomic E-state index is 12.2. The predicted molar refractivity (Wildman–Crippen MR) is 93.0 cm³/mol. The molecular formula is C17H22N2O2S. The predicted octanol–water partition coefficient (Wildman–Crippen LogP) is 3.98. The van der Waals surface area contributed by atoms with Crippen LogP contribution in [0.15, 0.2) is 29.2 Å². The summed E-state index contributed by atoms with van der Waals surface area (Å²) in [5.41, 5.74) is 2.11. The summed E-state index contributed by atoms with van der Waals surface area (Å²) in [5.74, 6) is -0.176. The number of hydrogen-bond acceptors (Lipinski definition) is 4. The van der Waals surface area contributed by atoms with Gasteiger partial charge in [0.1, 0.15) is 0 Å². The van der Waals surface area contributed by atoms with Crippen molar-refractivity contribution in [1.82, 2.24) is 4.90 Å². The molecule has 4 nitrogen and oxygen atoms in total. The molecule has 0 saturated carbocycles. The molecule has 1 aliphatic rings. The van der Waals surface area contributed by atoms with Gasteiger partial charge in [-0.05, 0) is 55.8 Å². The SMILES string of the molecule is CCCN1C(=O)S/C(=C/c2ccc(N(CC)CC)cc2)C1=O. The molecule has 0 aliphatic carbocycles. The Morgan fingerprint density at radius 2 is 1.73 bits per heavy atom. The fraction of sp³-hybridized carbons (Fsp3) is 0.412. The normalized spacial score (nSPS) is 16.7. The maximum atomic E-state index is 12.2. The van der Waals surface area contributed by atoms with Gasteiger partial charge in [-0.15, -0.1) is 0 Å². The number of benzene rings is 1. The van der Waals surface area contributed by atoms with Gasteiger partial charge in [0.05, 0.1) is 4.91 Å². The number of anilines is 1. The highest BCUT2D eigenvalue weighted by molar-refractivity contribution is 8.18. The molecule has 1 fully saturated rings. The van der Waals surface area contributed by atoms with Gasteiger partial charge in [-0.1, -0.05) is 19.1 Å². The van der Waals surface area contributed by atoms with Gasteiger partial charge in [0.2, 0.25) is 0 Å². The summed E-state index contributed by atoms with van der Waals surface area (Å²) in [6, 6.07) is 8.08. The van der Waals surface area contributed by atoms with Crippen molar-refractivity contribution in [2.45, 2.75) is 27.2 Å². The third-order valence-electron chi connectivity index (χ3n) is 3.64. The van der Waals surface area contributed by atoms with Crippen molar-refractivity contribution < 1.29 is 9.59 Å². The van der Waals surface area contributed by atoms with Crippen LogP contribution < -0.4 is 4.90 Å². The third kappa shape index (κ3) is 3.53. The quantitative estimate of drug-likeness (QED) is 0.744. The Balaban J connectivity index is 2.16. The van der Waals surface area contributed by atoms with Crippen LogP contribution >= 0.6 is 11.8 Å². The van der Waals surface area contributed by atoms with Gasteiger partial charge in [0, 0.05) is 25.3 Å². The van der Waals surface area contributed by atoms with Crippen LogP contribution in [-0.4, -0.2) is 35.7 Å². The van der Waals surface area contributed by atoms with Crippen LogP contribution in [0.5, 0.6) is 0 Å². The molecule has 0 bridgehead atoms. The molecule has 1 saturated heterocycles. The van der Waals surface area contributed by atoms with Crippen molar-refractivity contribution in [3.05, 3.63) is 34.7 Å². The average molecular weight is 318 g/mol. The Bertz CT molecular complexity index is 577. The minimum absolute atomic E-state index is 0.169. The molecule has 0 N–H and O–H groups in total. The number of nitrogens with zero attached hydrogens (tertiary/aromatic N) is 2. The second kappa shape index (κ2) is 7.49. The van der Waals surface area contributed by atoms with Gasteiger partial charge in [0.15, 0.2) is 0 Å². The molecule has 1 aliphatic heterocycles. The molecule has 1 heterocycles. The van der Waals surface area contributed by atoms with Crippen molar-refractivity contribution in [2.75, 3.05) is 24.5 Å². The van der Waals surface area contributed by atoms with E-state index in [2.05, 4.69) is 30.9 Å². The lowest BCUT2D eigenvalue weighted by Gasteiger charge is -2.20. The summed E-state index contributed by atoms with van der Waals surface area (Å²) in [6.45, 7) is 8.63. The zero-order valence-corrected chi connectivity index (χ0v) is 14.2. The summed E-state index contributed by atoms with van der Waals surface area (Å²) in [4.78, 5) is 28.1. The fourth-order valence-electron chi connectivity index (χ4n) is 2.44. The molecule has 118 valence electrons. The zero-order chi connectivity index (χ0) is 16.1. The molecule has 0 unspecified atom stereocenters. The number of amides is 2. The second-order valence-corrected chi connectivity index (χ2v) is 6.09. The summed E-state index contributed by atoms with van der Waals surface area (Å²) >= 11 is 1.02. The molecule has 1 aromatic carbocycles. The maximum Gasteiger partial charge on any atom is 0.293 e. The summed E-state index contributed by atoms with van der Waals surface area (Å²) in [7, 11) is 0. The van der Waals surface area contributed by atoms with Crippen LogP contribution in [0.4, 0.5) is 10.5 Å². The van der Waals surface area contributed by atoms with Crippen molar-refractivity contribution >= 4 is 34.7 Å². The van der Waals surface area contributed by atoms with E-state index in [1.165, 1.54) is 10.6 Å². The Kier molecular flexibility index (Phi) is 5.66. The molecule has 0 spiro atoms. The van der Waals surface area contributed by atoms with Crippen LogP contribution in [0, 0.1) is 0 Å². The second-order valence-electron chi connectivity index (χ2n) is 5.10. The van der Waals surface area contributed by atoms with Crippen LogP contribution in [0.25, 0.3) is 6.08 Å². The standard InChI is InChI=1S/C17H22N2O2S/c1-4-11-19-16(20)15(22-17(19)21)12-13-7-9-14(10-8-13)18(5-2)6-3/h7-10,12H,4-6,11H2,1-3H3/b15-12+. The van der Waals surface area contributed by atoms with E-state index in [1.807, 2.05) is 19.1 Å². The Hall–Kier alpha value is -1.75. The van der Waals surface area contributed by atoms with E-state index < -0.39 is 0 Å². The molecule has 5 heteroatoms. The number of imide groups is 1. The van der Waals surface area contributed by atoms with Gasteiger partial charge in [-0.25, -0.2) is 0 Å². The van der Waals surface area contributed by atoms with Crippen LogP contribution in [0.3, 0.4) is 0 Å². The lowest BCUT2D eigenvalue weighted by Crippen LogP contribution is -2.28. The highest BCUT2D eigenvalue weighted by atomic mass is 32.2. The highest BCUT2D eigenvalue weighted by Crippen LogP contribution is 2.32. The van der Waals surface area contributed by atoms with E-state index in [0.29, 0.717) is 11.4 Å². The molecule has 0 radical (unpaired) electrons. The average Bonchev–Trinajstić information content (AvgIpc) is 2.78. The minimum atomic E-state index is -0.176. The van der Waals surface area contributed by atoms with Gasteiger partial charge < -0.3 is 4.90 Å². The number of rotatable bonds is 6. The third-order valence-corrected chi connectivity index (χ3v) is 4.55. The topological polar surface area (TPSA) is 40.6 Å². The number of carbonyl (C=O) groups is 2. The van der Waals surface area contributed by atoms with Crippen LogP contribution in [0.1, 0.15) is 32.8 Å². The summed E-state index contributed by atoms with van der Waals surface area (Å²) < 4.78 is 0. The summed E-state index contributed by atoms with van der Waals surface area (Å²) in [5, 5.41) is -0.169. The zero-order valence-electron chi connectivity index (χ0n) is 13.3. The number of thioether (sulfide) groups is 1. The first-order valence-corrected chi connectivity index (χ1v) is 8.52. The lowest BCUT2D eigenvalue weighted by molar-refractivity contribution is -0.122. The van der Waals surface area contributed by atoms with Gasteiger partial charge in [-0.2, -0.15) is 0 Å². The molecular weight excluding hydrogens is 296 g/mol. The number of carbonyl (C=O) groups excluding carboxylic acids is 2. The Labute approximate surface area is 136 Å². The molecule has 0 aromatic heterocycles. The van der Waals surface area contributed by atoms with Crippen molar-refractivity contribution in [1.29, 1.82) is 0 Å². The molecule has 22 heavy (non-hydrogen) atoms. The van der Waals surface area contributed by atoms with Crippen molar-refractivity contribution in [3.8, 4) is 0 Å². The largest absolute Gasteiger partial charge is 0.372 e. The van der Waals surface area contributed by atoms with E-state index >= 15 is 0 Å². The van der Waals surface area contributed by atoms with Crippen molar-refractivity contribution in [2.24, 2.45) is 0 Å². The van der Waals surface area contributed by atoms with E-state index in [1.54, 1.807) is 6.08 Å². The molecule has 1 aromatic rings. The van der Waals surface area contributed by atoms with Crippen LogP contribution in [0.2, 0.25) is 0 Å². The number of hydrogen-bond donors (Lipinski definition) is 0. The Morgan fingerprint density at radius 3 is 2.27 bits per heavy atom. The first-order chi connectivity index (χ1) is 10.6. The lowest BCUT2D eigenvalue weighted by atomic mass is 10.1. The molecule has 0 atom stereocenters. The van der Waals surface area contributed by atoms with E-state index in [4.69, 9.17) is 0 Å². The van der Waals surface area contributed by atoms with Gasteiger partial charge >= 0.3 is 0 Å². The minimum Gasteiger partial charge on any atom is -0.372 e. The van der Waals surface area contributed by atoms with E-state index in [9.17, 15) is 9.59 Å². The monoisotopic (exact) mass is 318 g/mol. The van der Waals surface area contributed by atoms with Gasteiger partial charge in [-0.3, -0.25) is 14.5 Å². The molecule has 2 rings (SSSR count). The van der Waals surface area contributed by atoms with Crippen LogP contribution in [-0.2, 0) is 4.79 Å². The van der Waals surface area contributed by atoms with Gasteiger partial charge in [0.25, 0.3) is 11.1 Å². The fourth-order valence-corrected chi connectivity index (χ4v) is 3.30. The van der Waals surface area contributed by atoms with E-state index in [0.717, 1.165) is 36.8 Å². The molecule has 2 amide bonds. The Morgan fingerprint density at radius 1 is 1.09 bits per heavy atom. The van der Waals surface area contributed by atoms with Crippen molar-refractivity contribution in [3.63, 3.8) is 0 Å². The van der Waals surface area contributed by atoms with E-state index in [-0.39, 0.29) is 11.1 Å². The summed E-state index contributed by atoms with van der Waals surface area (Å²) in [6.07, 6.45) is 2.58.